The summed E-state index contributed by atoms with van der Waals surface area (Å²) in [5.74, 6) is 0.736. The molecule has 1 saturated heterocycles. The van der Waals surface area contributed by atoms with Crippen molar-refractivity contribution >= 4 is 0 Å². The van der Waals surface area contributed by atoms with Crippen LogP contribution in [0.3, 0.4) is 0 Å². The van der Waals surface area contributed by atoms with E-state index in [0.717, 1.165) is 25.5 Å². The lowest BCUT2D eigenvalue weighted by Gasteiger charge is -2.10. The van der Waals surface area contributed by atoms with Crippen molar-refractivity contribution in [3.05, 3.63) is 5.82 Å². The highest BCUT2D eigenvalue weighted by Crippen LogP contribution is 1.99. The summed E-state index contributed by atoms with van der Waals surface area (Å²) in [6, 6.07) is 0. The highest BCUT2D eigenvalue weighted by atomic mass is 15.5. The van der Waals surface area contributed by atoms with E-state index in [0.29, 0.717) is 0 Å². The molecule has 1 aliphatic heterocycles. The van der Waals surface area contributed by atoms with E-state index in [4.69, 9.17) is 0 Å². The van der Waals surface area contributed by atoms with Gasteiger partial charge in [0.25, 0.3) is 0 Å². The Bertz CT molecular complexity index is 201. The minimum Gasteiger partial charge on any atom is -0.255 e. The van der Waals surface area contributed by atoms with Gasteiger partial charge >= 0.3 is 0 Å². The molecule has 1 aromatic rings. The number of H-pyrrole nitrogens is 1. The van der Waals surface area contributed by atoms with Crippen LogP contribution in [0.4, 0.5) is 0 Å². The van der Waals surface area contributed by atoms with Crippen molar-refractivity contribution in [3.8, 4) is 0 Å². The van der Waals surface area contributed by atoms with Gasteiger partial charge in [-0.2, -0.15) is 5.21 Å². The van der Waals surface area contributed by atoms with Crippen molar-refractivity contribution in [3.63, 3.8) is 0 Å². The van der Waals surface area contributed by atoms with E-state index in [1.807, 2.05) is 0 Å². The molecule has 2 heterocycles. The van der Waals surface area contributed by atoms with Crippen molar-refractivity contribution in [2.45, 2.75) is 13.0 Å². The molecule has 0 amide bonds. The highest BCUT2D eigenvalue weighted by Gasteiger charge is 2.12. The molecule has 0 radical (unpaired) electrons. The summed E-state index contributed by atoms with van der Waals surface area (Å²) < 4.78 is 0. The van der Waals surface area contributed by atoms with Gasteiger partial charge in [-0.1, -0.05) is 5.21 Å². The number of nitrogens with zero attached hydrogens (tertiary/aromatic N) is 4. The zero-order chi connectivity index (χ0) is 7.52. The molecule has 2 rings (SSSR count). The van der Waals surface area contributed by atoms with Gasteiger partial charge in [-0.15, -0.1) is 10.2 Å². The number of hydrogen-bond acceptors (Lipinski definition) is 5. The third-order valence-corrected chi connectivity index (χ3v) is 1.66. The monoisotopic (exact) mass is 154 g/mol. The van der Waals surface area contributed by atoms with Crippen LogP contribution >= 0.6 is 0 Å². The molecule has 1 aliphatic rings. The van der Waals surface area contributed by atoms with Crippen molar-refractivity contribution in [1.82, 2.24) is 31.1 Å². The second kappa shape index (κ2) is 2.93. The molecule has 0 spiro atoms. The molecule has 0 bridgehead atoms. The molecular weight excluding hydrogens is 144 g/mol. The Labute approximate surface area is 63.9 Å². The van der Waals surface area contributed by atoms with Gasteiger partial charge in [-0.25, -0.2) is 5.01 Å². The van der Waals surface area contributed by atoms with E-state index < -0.39 is 0 Å². The van der Waals surface area contributed by atoms with Crippen LogP contribution in [0.1, 0.15) is 12.2 Å². The number of hydrazine groups is 1. The van der Waals surface area contributed by atoms with E-state index in [1.165, 1.54) is 6.42 Å². The average Bonchev–Trinajstić information content (AvgIpc) is 2.60. The molecule has 6 nitrogen and oxygen atoms in total. The summed E-state index contributed by atoms with van der Waals surface area (Å²) in [6.45, 7) is 2.85. The fourth-order valence-corrected chi connectivity index (χ4v) is 1.14. The fourth-order valence-electron chi connectivity index (χ4n) is 1.14. The molecule has 0 aromatic carbocycles. The molecule has 2 N–H and O–H groups in total. The molecule has 0 unspecified atom stereocenters. The van der Waals surface area contributed by atoms with Crippen molar-refractivity contribution in [2.24, 2.45) is 0 Å². The third-order valence-electron chi connectivity index (χ3n) is 1.66. The first-order valence-corrected chi connectivity index (χ1v) is 3.66. The van der Waals surface area contributed by atoms with Gasteiger partial charge in [0.1, 0.15) is 0 Å². The van der Waals surface area contributed by atoms with Crippen LogP contribution in [0.15, 0.2) is 0 Å². The molecule has 1 fully saturated rings. The SMILES string of the molecule is C1CNN(Cc2nn[nH]n2)C1. The molecule has 11 heavy (non-hydrogen) atoms. The molecule has 60 valence electrons. The van der Waals surface area contributed by atoms with Gasteiger partial charge in [0.15, 0.2) is 5.82 Å². The van der Waals surface area contributed by atoms with Gasteiger partial charge in [-0.3, -0.25) is 5.43 Å². The van der Waals surface area contributed by atoms with E-state index in [9.17, 15) is 0 Å². The van der Waals surface area contributed by atoms with Gasteiger partial charge in [0, 0.05) is 13.1 Å². The summed E-state index contributed by atoms with van der Waals surface area (Å²) in [5, 5.41) is 15.7. The molecular formula is C5H10N6. The van der Waals surface area contributed by atoms with Crippen molar-refractivity contribution in [2.75, 3.05) is 13.1 Å². The van der Waals surface area contributed by atoms with Gasteiger partial charge in [0.05, 0.1) is 6.54 Å². The predicted molar refractivity (Wildman–Crippen MR) is 37.2 cm³/mol. The van der Waals surface area contributed by atoms with Crippen LogP contribution in [0.2, 0.25) is 0 Å². The lowest BCUT2D eigenvalue weighted by Crippen LogP contribution is -2.30. The smallest absolute Gasteiger partial charge is 0.189 e. The molecule has 1 aromatic heterocycles. The summed E-state index contributed by atoms with van der Waals surface area (Å²) in [7, 11) is 0. The van der Waals surface area contributed by atoms with Crippen LogP contribution in [0, 0.1) is 0 Å². The lowest BCUT2D eigenvalue weighted by molar-refractivity contribution is 0.238. The zero-order valence-corrected chi connectivity index (χ0v) is 6.12. The standard InChI is InChI=1S/C5H10N6/c1-2-6-11(3-1)4-5-7-9-10-8-5/h6H,1-4H2,(H,7,8,9,10). The van der Waals surface area contributed by atoms with Crippen molar-refractivity contribution < 1.29 is 0 Å². The number of aromatic amines is 1. The maximum Gasteiger partial charge on any atom is 0.189 e. The van der Waals surface area contributed by atoms with Gasteiger partial charge in [-0.05, 0) is 6.42 Å². The molecule has 0 atom stereocenters. The Kier molecular flexibility index (Phi) is 1.78. The number of hydrogen-bond donors (Lipinski definition) is 2. The predicted octanol–water partition coefficient (Wildman–Crippen LogP) is -1.09. The zero-order valence-electron chi connectivity index (χ0n) is 6.12. The highest BCUT2D eigenvalue weighted by molar-refractivity contribution is 4.76. The summed E-state index contributed by atoms with van der Waals surface area (Å²) >= 11 is 0. The molecule has 6 heteroatoms. The normalized spacial score (nSPS) is 19.3. The second-order valence-electron chi connectivity index (χ2n) is 2.51. The average molecular weight is 154 g/mol. The Morgan fingerprint density at radius 3 is 3.18 bits per heavy atom. The quantitative estimate of drug-likeness (QED) is 0.566. The van der Waals surface area contributed by atoms with E-state index >= 15 is 0 Å². The Balaban J connectivity index is 1.90. The first-order valence-electron chi connectivity index (χ1n) is 3.66. The second-order valence-corrected chi connectivity index (χ2v) is 2.51. The first-order chi connectivity index (χ1) is 5.45. The lowest BCUT2D eigenvalue weighted by atomic mass is 10.4. The topological polar surface area (TPSA) is 69.7 Å². The van der Waals surface area contributed by atoms with Crippen LogP contribution in [-0.2, 0) is 6.54 Å². The van der Waals surface area contributed by atoms with E-state index in [1.54, 1.807) is 0 Å². The number of aromatic nitrogens is 4. The van der Waals surface area contributed by atoms with Crippen LogP contribution in [0.5, 0.6) is 0 Å². The van der Waals surface area contributed by atoms with Crippen molar-refractivity contribution in [1.29, 1.82) is 0 Å². The Morgan fingerprint density at radius 1 is 1.55 bits per heavy atom. The molecule has 0 aliphatic carbocycles. The van der Waals surface area contributed by atoms with E-state index in [2.05, 4.69) is 31.1 Å². The van der Waals surface area contributed by atoms with Crippen LogP contribution in [-0.4, -0.2) is 38.7 Å². The number of rotatable bonds is 2. The molecule has 0 saturated carbocycles. The van der Waals surface area contributed by atoms with Crippen LogP contribution in [0.25, 0.3) is 0 Å². The van der Waals surface area contributed by atoms with Gasteiger partial charge in [0.2, 0.25) is 0 Å². The van der Waals surface area contributed by atoms with Crippen LogP contribution < -0.4 is 5.43 Å². The maximum absolute atomic E-state index is 3.85. The fraction of sp³-hybridized carbons (Fsp3) is 0.800. The first kappa shape index (κ1) is 6.68. The Morgan fingerprint density at radius 2 is 2.55 bits per heavy atom. The summed E-state index contributed by atoms with van der Waals surface area (Å²) in [4.78, 5) is 0. The minimum absolute atomic E-state index is 0.733. The summed E-state index contributed by atoms with van der Waals surface area (Å²) in [6.07, 6.45) is 1.19. The summed E-state index contributed by atoms with van der Waals surface area (Å²) in [5.41, 5.74) is 3.21. The third kappa shape index (κ3) is 1.52. The van der Waals surface area contributed by atoms with E-state index in [-0.39, 0.29) is 0 Å². The largest absolute Gasteiger partial charge is 0.255 e. The van der Waals surface area contributed by atoms with Gasteiger partial charge < -0.3 is 0 Å². The number of nitrogens with one attached hydrogen (secondary N) is 2. The Hall–Kier alpha value is -1.01. The minimum atomic E-state index is 0.733. The number of tetrazole rings is 1. The maximum atomic E-state index is 3.85.